The number of benzene rings is 1. The number of hydrogen-bond acceptors (Lipinski definition) is 4. The van der Waals surface area contributed by atoms with Gasteiger partial charge in [-0.15, -0.1) is 0 Å². The van der Waals surface area contributed by atoms with Crippen LogP contribution in [-0.2, 0) is 11.3 Å². The van der Waals surface area contributed by atoms with Gasteiger partial charge in [-0.3, -0.25) is 14.2 Å². The summed E-state index contributed by atoms with van der Waals surface area (Å²) in [6.45, 7) is 8.56. The molecule has 23 heavy (non-hydrogen) atoms. The molecule has 1 amide bonds. The predicted octanol–water partition coefficient (Wildman–Crippen LogP) is 2.67. The highest BCUT2D eigenvalue weighted by Crippen LogP contribution is 2.17. The van der Waals surface area contributed by atoms with E-state index >= 15 is 0 Å². The molecule has 0 fully saturated rings. The van der Waals surface area contributed by atoms with Crippen molar-refractivity contribution in [3.8, 4) is 0 Å². The summed E-state index contributed by atoms with van der Waals surface area (Å²) < 4.78 is 1.62. The van der Waals surface area contributed by atoms with Crippen molar-refractivity contribution in [1.82, 2.24) is 14.9 Å². The third kappa shape index (κ3) is 4.13. The first kappa shape index (κ1) is 17.5. The zero-order chi connectivity index (χ0) is 17.0. The molecule has 0 aliphatic carbocycles. The minimum absolute atomic E-state index is 0.0405. The number of hydrogen-bond donors (Lipinski definition) is 1. The maximum Gasteiger partial charge on any atom is 0.262 e. The topological polar surface area (TPSA) is 64.0 Å². The summed E-state index contributed by atoms with van der Waals surface area (Å²) >= 11 is 1.30. The van der Waals surface area contributed by atoms with Crippen LogP contribution >= 0.6 is 11.8 Å². The van der Waals surface area contributed by atoms with Crippen molar-refractivity contribution in [2.24, 2.45) is 5.92 Å². The molecule has 1 atom stereocenters. The first-order valence-electron chi connectivity index (χ1n) is 7.85. The molecule has 0 saturated heterocycles. The van der Waals surface area contributed by atoms with Crippen LogP contribution in [0, 0.1) is 5.92 Å². The van der Waals surface area contributed by atoms with E-state index < -0.39 is 0 Å². The molecular formula is C17H23N3O2S. The van der Waals surface area contributed by atoms with Crippen LogP contribution in [0.2, 0.25) is 0 Å². The van der Waals surface area contributed by atoms with Crippen molar-refractivity contribution in [3.05, 3.63) is 34.6 Å². The van der Waals surface area contributed by atoms with E-state index in [4.69, 9.17) is 0 Å². The van der Waals surface area contributed by atoms with Gasteiger partial charge in [-0.05, 0) is 31.9 Å². The molecule has 1 heterocycles. The van der Waals surface area contributed by atoms with Crippen LogP contribution in [0.4, 0.5) is 0 Å². The SMILES string of the molecule is CCn1c(SCC(=O)N[C@@H](C)C(C)C)nc2ccccc2c1=O. The van der Waals surface area contributed by atoms with Crippen molar-refractivity contribution in [1.29, 1.82) is 0 Å². The molecule has 0 unspecified atom stereocenters. The van der Waals surface area contributed by atoms with Crippen molar-refractivity contribution >= 4 is 28.6 Å². The summed E-state index contributed by atoms with van der Waals surface area (Å²) in [5, 5.41) is 4.16. The lowest BCUT2D eigenvalue weighted by Gasteiger charge is -2.17. The van der Waals surface area contributed by atoms with Gasteiger partial charge in [-0.25, -0.2) is 4.98 Å². The van der Waals surface area contributed by atoms with Gasteiger partial charge < -0.3 is 5.32 Å². The third-order valence-electron chi connectivity index (χ3n) is 3.86. The first-order valence-corrected chi connectivity index (χ1v) is 8.84. The van der Waals surface area contributed by atoms with Crippen molar-refractivity contribution in [3.63, 3.8) is 0 Å². The molecule has 0 aliphatic heterocycles. The van der Waals surface area contributed by atoms with Gasteiger partial charge >= 0.3 is 0 Å². The number of thioether (sulfide) groups is 1. The molecule has 1 N–H and O–H groups in total. The molecule has 1 aromatic heterocycles. The first-order chi connectivity index (χ1) is 10.9. The van der Waals surface area contributed by atoms with E-state index in [0.29, 0.717) is 28.5 Å². The molecule has 2 aromatic rings. The molecule has 5 nitrogen and oxygen atoms in total. The lowest BCUT2D eigenvalue weighted by Crippen LogP contribution is -2.37. The highest BCUT2D eigenvalue weighted by atomic mass is 32.2. The number of carbonyl (C=O) groups is 1. The Bertz CT molecular complexity index is 755. The van der Waals surface area contributed by atoms with E-state index in [1.807, 2.05) is 32.0 Å². The third-order valence-corrected chi connectivity index (χ3v) is 4.84. The minimum Gasteiger partial charge on any atom is -0.353 e. The van der Waals surface area contributed by atoms with E-state index in [9.17, 15) is 9.59 Å². The second-order valence-corrected chi connectivity index (χ2v) is 6.79. The molecule has 0 saturated carbocycles. The van der Waals surface area contributed by atoms with Gasteiger partial charge in [0.05, 0.1) is 16.7 Å². The van der Waals surface area contributed by atoms with Crippen molar-refractivity contribution in [2.45, 2.75) is 45.4 Å². The van der Waals surface area contributed by atoms with Gasteiger partial charge in [0.25, 0.3) is 5.56 Å². The number of amides is 1. The van der Waals surface area contributed by atoms with Crippen LogP contribution < -0.4 is 10.9 Å². The lowest BCUT2D eigenvalue weighted by molar-refractivity contribution is -0.119. The second-order valence-electron chi connectivity index (χ2n) is 5.85. The van der Waals surface area contributed by atoms with Crippen LogP contribution in [-0.4, -0.2) is 27.3 Å². The Morgan fingerprint density at radius 3 is 2.65 bits per heavy atom. The fraction of sp³-hybridized carbons (Fsp3) is 0.471. The van der Waals surface area contributed by atoms with Crippen molar-refractivity contribution < 1.29 is 4.79 Å². The number of nitrogens with one attached hydrogen (secondary N) is 1. The maximum absolute atomic E-state index is 12.5. The Kier molecular flexibility index (Phi) is 5.82. The average molecular weight is 333 g/mol. The van der Waals surface area contributed by atoms with Gasteiger partial charge in [-0.2, -0.15) is 0 Å². The summed E-state index contributed by atoms with van der Waals surface area (Å²) in [6.07, 6.45) is 0. The smallest absolute Gasteiger partial charge is 0.262 e. The van der Waals surface area contributed by atoms with E-state index in [-0.39, 0.29) is 23.3 Å². The lowest BCUT2D eigenvalue weighted by atomic mass is 10.1. The summed E-state index contributed by atoms with van der Waals surface area (Å²) in [6, 6.07) is 7.42. The largest absolute Gasteiger partial charge is 0.353 e. The number of nitrogens with zero attached hydrogens (tertiary/aromatic N) is 2. The summed E-state index contributed by atoms with van der Waals surface area (Å²) in [5.74, 6) is 0.597. The van der Waals surface area contributed by atoms with Crippen LogP contribution in [0.3, 0.4) is 0 Å². The van der Waals surface area contributed by atoms with Gasteiger partial charge in [0.2, 0.25) is 5.91 Å². The highest BCUT2D eigenvalue weighted by molar-refractivity contribution is 7.99. The van der Waals surface area contributed by atoms with E-state index in [1.54, 1.807) is 10.6 Å². The number of para-hydroxylation sites is 1. The second kappa shape index (κ2) is 7.64. The number of rotatable bonds is 6. The molecule has 124 valence electrons. The Morgan fingerprint density at radius 2 is 2.00 bits per heavy atom. The Hall–Kier alpha value is -1.82. The molecule has 0 radical (unpaired) electrons. The molecule has 1 aromatic carbocycles. The Labute approximate surface area is 140 Å². The average Bonchev–Trinajstić information content (AvgIpc) is 2.53. The van der Waals surface area contributed by atoms with Gasteiger partial charge in [0.15, 0.2) is 5.16 Å². The number of aromatic nitrogens is 2. The normalized spacial score (nSPS) is 12.6. The molecule has 0 spiro atoms. The highest BCUT2D eigenvalue weighted by Gasteiger charge is 2.14. The van der Waals surface area contributed by atoms with Crippen LogP contribution in [0.25, 0.3) is 10.9 Å². The zero-order valence-electron chi connectivity index (χ0n) is 14.0. The number of carbonyl (C=O) groups excluding carboxylic acids is 1. The van der Waals surface area contributed by atoms with Crippen LogP contribution in [0.1, 0.15) is 27.7 Å². The Balaban J connectivity index is 2.20. The van der Waals surface area contributed by atoms with E-state index in [2.05, 4.69) is 24.1 Å². The molecule has 0 bridgehead atoms. The van der Waals surface area contributed by atoms with E-state index in [0.717, 1.165) is 0 Å². The monoisotopic (exact) mass is 333 g/mol. The zero-order valence-corrected chi connectivity index (χ0v) is 14.8. The van der Waals surface area contributed by atoms with Gasteiger partial charge in [0, 0.05) is 12.6 Å². The molecule has 2 rings (SSSR count). The number of fused-ring (bicyclic) bond motifs is 1. The summed E-state index contributed by atoms with van der Waals surface area (Å²) in [4.78, 5) is 29.1. The summed E-state index contributed by atoms with van der Waals surface area (Å²) in [7, 11) is 0. The van der Waals surface area contributed by atoms with Gasteiger partial charge in [-0.1, -0.05) is 37.7 Å². The van der Waals surface area contributed by atoms with Crippen LogP contribution in [0.5, 0.6) is 0 Å². The fourth-order valence-electron chi connectivity index (χ4n) is 2.13. The standard InChI is InChI=1S/C17H23N3O2S/c1-5-20-16(22)13-8-6-7-9-14(13)19-17(20)23-10-15(21)18-12(4)11(2)3/h6-9,11-12H,5,10H2,1-4H3,(H,18,21)/t12-/m0/s1. The minimum atomic E-state index is -0.0587. The van der Waals surface area contributed by atoms with Crippen molar-refractivity contribution in [2.75, 3.05) is 5.75 Å². The molecule has 0 aliphatic rings. The predicted molar refractivity (Wildman–Crippen MR) is 94.8 cm³/mol. The quantitative estimate of drug-likeness (QED) is 0.652. The molecular weight excluding hydrogens is 310 g/mol. The van der Waals surface area contributed by atoms with Crippen LogP contribution in [0.15, 0.2) is 34.2 Å². The Morgan fingerprint density at radius 1 is 1.30 bits per heavy atom. The van der Waals surface area contributed by atoms with Gasteiger partial charge in [0.1, 0.15) is 0 Å². The summed E-state index contributed by atoms with van der Waals surface area (Å²) in [5.41, 5.74) is 0.609. The van der Waals surface area contributed by atoms with E-state index in [1.165, 1.54) is 11.8 Å². The fourth-order valence-corrected chi connectivity index (χ4v) is 3.00. The molecule has 6 heteroatoms. The maximum atomic E-state index is 12.5.